The highest BCUT2D eigenvalue weighted by Crippen LogP contribution is 2.42. The van der Waals surface area contributed by atoms with Gasteiger partial charge in [0, 0.05) is 72.2 Å². The van der Waals surface area contributed by atoms with Crippen LogP contribution in [0.2, 0.25) is 0 Å². The summed E-state index contributed by atoms with van der Waals surface area (Å²) in [5.74, 6) is -0.890. The summed E-state index contributed by atoms with van der Waals surface area (Å²) in [7, 11) is -1.74. The summed E-state index contributed by atoms with van der Waals surface area (Å²) in [5.41, 5.74) is 6.99. The smallest absolute Gasteiger partial charge is 0.491 e. The second-order valence-electron chi connectivity index (χ2n) is 32.6. The van der Waals surface area contributed by atoms with Crippen LogP contribution < -0.4 is 14.9 Å². The fourth-order valence-electron chi connectivity index (χ4n) is 16.5. The number of rotatable bonds is 22. The van der Waals surface area contributed by atoms with E-state index in [4.69, 9.17) is 33.7 Å². The molecule has 3 saturated heterocycles. The van der Waals surface area contributed by atoms with Crippen molar-refractivity contribution in [3.8, 4) is 44.9 Å². The number of allylic oxidation sites excluding steroid dienone is 6. The molecule has 15 rings (SSSR count). The molecule has 7 fully saturated rings. The first kappa shape index (κ1) is 99.5. The summed E-state index contributed by atoms with van der Waals surface area (Å²) in [6, 6.07) is 44.1. The van der Waals surface area contributed by atoms with Gasteiger partial charge in [0.05, 0.1) is 13.2 Å². The lowest BCUT2D eigenvalue weighted by Gasteiger charge is -2.27. The maximum Gasteiger partial charge on any atom is 0.491 e. The number of carbonyl (C=O) groups is 1. The second-order valence-corrected chi connectivity index (χ2v) is 33.5. The first-order valence-electron chi connectivity index (χ1n) is 45.1. The number of hydrogen-bond donors (Lipinski definition) is 2. The van der Waals surface area contributed by atoms with Gasteiger partial charge in [-0.25, -0.2) is 26.3 Å². The Morgan fingerprint density at radius 1 is 0.369 bits per heavy atom. The fourth-order valence-corrected chi connectivity index (χ4v) is 16.7. The van der Waals surface area contributed by atoms with Crippen LogP contribution in [0, 0.1) is 70.2 Å². The zero-order valence-corrected chi connectivity index (χ0v) is 74.0. The van der Waals surface area contributed by atoms with Gasteiger partial charge in [0.25, 0.3) is 0 Å². The van der Waals surface area contributed by atoms with E-state index in [-0.39, 0.29) is 58.1 Å². The molecule has 0 unspecified atom stereocenters. The highest BCUT2D eigenvalue weighted by Gasteiger charge is 2.28. The van der Waals surface area contributed by atoms with Crippen LogP contribution in [0.15, 0.2) is 199 Å². The molecule has 0 aromatic heterocycles. The zero-order chi connectivity index (χ0) is 87.2. The SMILES string of the molecule is C1CCOC1.C1CCOC1.C1CCOC1.CCC/C=C/C1CCC(c2ccc(-c3ccc(-c4ccc(OCC)c(F)c4F)cc3)c(F)c2)CC1.CCC/C=C/C1CCC(c2ccc(B(O)O)c(F)c2)CC1.CCC/C=C/C1CCC(c2cccc(F)c2)CC1.CCOc1ccc(-c2ccc(Br)cc2)c(F)c1F.O=CC1CCC(c2cccc(F)c2)CC1. The molecule has 18 heteroatoms. The molecule has 2 N–H and O–H groups in total. The highest BCUT2D eigenvalue weighted by molar-refractivity contribution is 9.10. The van der Waals surface area contributed by atoms with Crippen LogP contribution in [0.5, 0.6) is 11.5 Å². The minimum Gasteiger partial charge on any atom is -0.491 e. The Morgan fingerprint density at radius 2 is 0.689 bits per heavy atom. The maximum absolute atomic E-state index is 15.1. The third-order valence-corrected chi connectivity index (χ3v) is 24.1. The first-order chi connectivity index (χ1) is 59.3. The van der Waals surface area contributed by atoms with E-state index in [1.165, 1.54) is 144 Å². The molecule has 7 aliphatic rings. The molecule has 660 valence electrons. The van der Waals surface area contributed by atoms with Crippen molar-refractivity contribution in [3.63, 3.8) is 0 Å². The van der Waals surface area contributed by atoms with E-state index in [2.05, 4.69) is 79.2 Å². The van der Waals surface area contributed by atoms with Crippen LogP contribution in [0.1, 0.15) is 260 Å². The normalized spacial score (nSPS) is 20.5. The average molecular weight is 1750 g/mol. The first-order valence-corrected chi connectivity index (χ1v) is 45.9. The Labute approximate surface area is 731 Å². The quantitative estimate of drug-likeness (QED) is 0.0299. The van der Waals surface area contributed by atoms with Gasteiger partial charge in [-0.15, -0.1) is 0 Å². The van der Waals surface area contributed by atoms with Gasteiger partial charge in [-0.05, 0) is 328 Å². The Bertz CT molecular complexity index is 4330. The third-order valence-electron chi connectivity index (χ3n) is 23.6. The summed E-state index contributed by atoms with van der Waals surface area (Å²) < 4.78 is 137. The predicted octanol–water partition coefficient (Wildman–Crippen LogP) is 28.5. The summed E-state index contributed by atoms with van der Waals surface area (Å²) >= 11 is 3.30. The van der Waals surface area contributed by atoms with E-state index in [9.17, 15) is 35.5 Å². The lowest BCUT2D eigenvalue weighted by atomic mass is 9.75. The minimum absolute atomic E-state index is 0.0464. The summed E-state index contributed by atoms with van der Waals surface area (Å²) in [6.45, 7) is 16.6. The van der Waals surface area contributed by atoms with E-state index in [0.717, 1.165) is 163 Å². The number of aldehydes is 1. The van der Waals surface area contributed by atoms with E-state index >= 15 is 4.39 Å². The van der Waals surface area contributed by atoms with Gasteiger partial charge in [-0.3, -0.25) is 0 Å². The number of halogens is 9. The van der Waals surface area contributed by atoms with Crippen molar-refractivity contribution in [1.29, 1.82) is 0 Å². The number of hydrogen-bond acceptors (Lipinski definition) is 8. The summed E-state index contributed by atoms with van der Waals surface area (Å²) in [4.78, 5) is 10.6. The molecule has 8 nitrogen and oxygen atoms in total. The van der Waals surface area contributed by atoms with E-state index < -0.39 is 36.2 Å². The Morgan fingerprint density at radius 3 is 0.992 bits per heavy atom. The van der Waals surface area contributed by atoms with Gasteiger partial charge in [-0.2, -0.15) is 8.78 Å². The standard InChI is InChI=1S/C31H33F3O.C17H24BFO2.C17H23F.C14H11BrF2O.C13H15FO.3C4H8O/c1-3-5-6-7-21-8-10-22(11-9-21)25-16-17-26(28(32)20-25)23-12-14-24(15-13-23)27-18-19-29(35-4-2)31(34)30(27)33;1-2-3-4-5-13-6-8-14(9-7-13)15-10-11-16(18(20)21)17(19)12-15;1-2-3-4-6-14-9-11-15(12-10-14)16-7-5-8-17(18)13-16;1-2-18-12-8-7-11(13(16)14(12)17)9-3-5-10(15)6-4-9;14-13-3-1-2-12(8-13)11-6-4-10(9-15)5-7-11;3*1-2-4-5-3-1/h6-7,12-22H,3-5,8-11H2,1-2H3;4-5,10-14,20-21H,2-3,6-9H2,1H3;4-8,13-15H,2-3,9-12H2,1H3;3-8H,2H2,1H3;1-3,8-11H,4-7H2;3*1-4H2/b7-6+;5-4+;6-4+;;;;;. The molecule has 0 atom stereocenters. The minimum atomic E-state index is -1.74. The van der Waals surface area contributed by atoms with Crippen molar-refractivity contribution in [2.75, 3.05) is 52.9 Å². The van der Waals surface area contributed by atoms with Gasteiger partial charge in [-0.1, -0.05) is 177 Å². The molecule has 0 spiro atoms. The molecule has 0 amide bonds. The van der Waals surface area contributed by atoms with Crippen molar-refractivity contribution in [2.24, 2.45) is 23.7 Å². The van der Waals surface area contributed by atoms with Crippen LogP contribution in [-0.4, -0.2) is 76.3 Å². The largest absolute Gasteiger partial charge is 0.491 e. The molecule has 0 radical (unpaired) electrons. The van der Waals surface area contributed by atoms with Crippen LogP contribution >= 0.6 is 15.9 Å². The number of benzene rings is 8. The topological polar surface area (TPSA) is 104 Å². The molecule has 8 aromatic rings. The summed E-state index contributed by atoms with van der Waals surface area (Å²) in [5, 5.41) is 18.1. The van der Waals surface area contributed by atoms with Gasteiger partial charge in [0.2, 0.25) is 11.6 Å². The average Bonchev–Trinajstić information content (AvgIpc) is 0.964. The molecule has 3 heterocycles. The summed E-state index contributed by atoms with van der Waals surface area (Å²) in [6.07, 6.45) is 47.5. The highest BCUT2D eigenvalue weighted by atomic mass is 79.9. The van der Waals surface area contributed by atoms with Crippen molar-refractivity contribution in [2.45, 2.75) is 238 Å². The lowest BCUT2D eigenvalue weighted by molar-refractivity contribution is -0.111. The molecule has 122 heavy (non-hydrogen) atoms. The Kier molecular flexibility index (Phi) is 45.7. The van der Waals surface area contributed by atoms with E-state index in [0.29, 0.717) is 64.4 Å². The van der Waals surface area contributed by atoms with Gasteiger partial charge in [0.1, 0.15) is 29.6 Å². The van der Waals surface area contributed by atoms with Crippen molar-refractivity contribution < 1.29 is 73.7 Å². The van der Waals surface area contributed by atoms with Crippen molar-refractivity contribution >= 4 is 34.8 Å². The van der Waals surface area contributed by atoms with Crippen LogP contribution in [0.3, 0.4) is 0 Å². The molecule has 8 aromatic carbocycles. The molecular formula is C104H130BBrF8O8. The number of ether oxygens (including phenoxy) is 5. The van der Waals surface area contributed by atoms with E-state index in [1.54, 1.807) is 86.6 Å². The number of unbranched alkanes of at least 4 members (excludes halogenated alkanes) is 3. The molecule has 4 aliphatic carbocycles. The second kappa shape index (κ2) is 56.1. The molecule has 0 bridgehead atoms. The van der Waals surface area contributed by atoms with Crippen molar-refractivity contribution in [3.05, 3.63) is 267 Å². The van der Waals surface area contributed by atoms with E-state index in [1.807, 2.05) is 30.3 Å². The van der Waals surface area contributed by atoms with Gasteiger partial charge in [0.15, 0.2) is 23.1 Å². The van der Waals surface area contributed by atoms with Crippen LogP contribution in [0.25, 0.3) is 33.4 Å². The Balaban J connectivity index is 0.000000186. The van der Waals surface area contributed by atoms with Gasteiger partial charge >= 0.3 is 7.12 Å². The zero-order valence-electron chi connectivity index (χ0n) is 72.5. The predicted molar refractivity (Wildman–Crippen MR) is 485 cm³/mol. The third kappa shape index (κ3) is 33.8. The molecule has 3 aliphatic heterocycles. The van der Waals surface area contributed by atoms with Crippen molar-refractivity contribution in [1.82, 2.24) is 0 Å². The monoisotopic (exact) mass is 1750 g/mol. The number of carbonyl (C=O) groups excluding carboxylic acids is 1. The fraction of sp³-hybridized carbons (Fsp3) is 0.471. The van der Waals surface area contributed by atoms with Crippen LogP contribution in [-0.2, 0) is 19.0 Å². The Hall–Kier alpha value is -7.97. The van der Waals surface area contributed by atoms with Gasteiger partial charge < -0.3 is 38.5 Å². The molecular weight excluding hydrogens is 1620 g/mol. The lowest BCUT2D eigenvalue weighted by Crippen LogP contribution is -2.32. The molecule has 4 saturated carbocycles. The van der Waals surface area contributed by atoms with Crippen LogP contribution in [0.4, 0.5) is 35.1 Å². The maximum atomic E-state index is 15.1.